The van der Waals surface area contributed by atoms with Gasteiger partial charge >= 0.3 is 0 Å². The van der Waals surface area contributed by atoms with E-state index >= 15 is 0 Å². The zero-order valence-corrected chi connectivity index (χ0v) is 9.66. The highest BCUT2D eigenvalue weighted by molar-refractivity contribution is 5.45. The molecule has 2 N–H and O–H groups in total. The summed E-state index contributed by atoms with van der Waals surface area (Å²) in [5.74, 6) is 0.711. The van der Waals surface area contributed by atoms with E-state index in [-0.39, 0.29) is 5.69 Å². The standard InChI is InChI=1S/C12H11N3O3/c1-8-11(13)5-6-12(14-8)18-10-4-2-3-9(7-10)15(16)17/h2-7H,13H2,1H3. The molecule has 2 aromatic rings. The molecule has 2 rings (SSSR count). The van der Waals surface area contributed by atoms with Crippen LogP contribution in [0.4, 0.5) is 11.4 Å². The third-order valence-electron chi connectivity index (χ3n) is 2.35. The van der Waals surface area contributed by atoms with E-state index in [9.17, 15) is 10.1 Å². The van der Waals surface area contributed by atoms with Crippen LogP contribution in [0, 0.1) is 17.0 Å². The number of ether oxygens (including phenoxy) is 1. The first kappa shape index (κ1) is 11.8. The Morgan fingerprint density at radius 3 is 2.78 bits per heavy atom. The summed E-state index contributed by atoms with van der Waals surface area (Å²) in [6.07, 6.45) is 0. The third kappa shape index (κ3) is 2.54. The summed E-state index contributed by atoms with van der Waals surface area (Å²) in [6.45, 7) is 1.76. The van der Waals surface area contributed by atoms with Gasteiger partial charge in [0.2, 0.25) is 5.88 Å². The highest BCUT2D eigenvalue weighted by Crippen LogP contribution is 2.24. The van der Waals surface area contributed by atoms with Gasteiger partial charge in [-0.1, -0.05) is 6.07 Å². The van der Waals surface area contributed by atoms with E-state index in [1.165, 1.54) is 12.1 Å². The first-order valence-corrected chi connectivity index (χ1v) is 5.21. The molecule has 0 aliphatic carbocycles. The number of hydrogen-bond donors (Lipinski definition) is 1. The number of nitrogens with zero attached hydrogens (tertiary/aromatic N) is 2. The average Bonchev–Trinajstić information content (AvgIpc) is 2.34. The second-order valence-electron chi connectivity index (χ2n) is 3.68. The molecule has 18 heavy (non-hydrogen) atoms. The molecule has 0 spiro atoms. The molecule has 92 valence electrons. The van der Waals surface area contributed by atoms with Crippen LogP contribution < -0.4 is 10.5 Å². The van der Waals surface area contributed by atoms with Crippen LogP contribution in [0.15, 0.2) is 36.4 Å². The maximum absolute atomic E-state index is 10.6. The van der Waals surface area contributed by atoms with Crippen molar-refractivity contribution in [2.45, 2.75) is 6.92 Å². The molecule has 0 saturated heterocycles. The van der Waals surface area contributed by atoms with Crippen molar-refractivity contribution in [3.63, 3.8) is 0 Å². The number of pyridine rings is 1. The van der Waals surface area contributed by atoms with Gasteiger partial charge in [0.05, 0.1) is 22.4 Å². The number of benzene rings is 1. The second-order valence-corrected chi connectivity index (χ2v) is 3.68. The van der Waals surface area contributed by atoms with E-state index in [1.54, 1.807) is 31.2 Å². The smallest absolute Gasteiger partial charge is 0.273 e. The minimum atomic E-state index is -0.478. The largest absolute Gasteiger partial charge is 0.439 e. The van der Waals surface area contributed by atoms with Crippen LogP contribution in [-0.2, 0) is 0 Å². The summed E-state index contributed by atoms with van der Waals surface area (Å²) >= 11 is 0. The molecule has 1 aromatic heterocycles. The number of hydrogen-bond acceptors (Lipinski definition) is 5. The third-order valence-corrected chi connectivity index (χ3v) is 2.35. The Balaban J connectivity index is 2.25. The van der Waals surface area contributed by atoms with Crippen LogP contribution in [0.2, 0.25) is 0 Å². The molecule has 0 bridgehead atoms. The number of nitro groups is 1. The van der Waals surface area contributed by atoms with Crippen molar-refractivity contribution in [1.82, 2.24) is 4.98 Å². The fourth-order valence-electron chi connectivity index (χ4n) is 1.39. The van der Waals surface area contributed by atoms with Gasteiger partial charge in [-0.2, -0.15) is 0 Å². The lowest BCUT2D eigenvalue weighted by Crippen LogP contribution is -1.95. The lowest BCUT2D eigenvalue weighted by atomic mass is 10.3. The van der Waals surface area contributed by atoms with Gasteiger partial charge in [0.1, 0.15) is 5.75 Å². The summed E-state index contributed by atoms with van der Waals surface area (Å²) in [7, 11) is 0. The van der Waals surface area contributed by atoms with E-state index in [0.29, 0.717) is 23.0 Å². The molecule has 1 aromatic carbocycles. The van der Waals surface area contributed by atoms with Crippen molar-refractivity contribution in [2.24, 2.45) is 0 Å². The monoisotopic (exact) mass is 245 g/mol. The van der Waals surface area contributed by atoms with Gasteiger partial charge in [0.15, 0.2) is 0 Å². The minimum absolute atomic E-state index is 0.0281. The van der Waals surface area contributed by atoms with Gasteiger partial charge in [-0.05, 0) is 19.1 Å². The van der Waals surface area contributed by atoms with Gasteiger partial charge in [-0.3, -0.25) is 10.1 Å². The number of nitro benzene ring substituents is 1. The maximum Gasteiger partial charge on any atom is 0.273 e. The molecule has 0 saturated carbocycles. The zero-order chi connectivity index (χ0) is 13.1. The van der Waals surface area contributed by atoms with E-state index in [0.717, 1.165) is 0 Å². The summed E-state index contributed by atoms with van der Waals surface area (Å²) in [5.41, 5.74) is 6.83. The van der Waals surface area contributed by atoms with Crippen LogP contribution in [0.3, 0.4) is 0 Å². The van der Waals surface area contributed by atoms with Crippen LogP contribution in [0.5, 0.6) is 11.6 Å². The molecular weight excluding hydrogens is 234 g/mol. The fourth-order valence-corrected chi connectivity index (χ4v) is 1.39. The zero-order valence-electron chi connectivity index (χ0n) is 9.66. The number of non-ortho nitro benzene ring substituents is 1. The summed E-state index contributed by atoms with van der Waals surface area (Å²) in [6, 6.07) is 9.20. The van der Waals surface area contributed by atoms with Gasteiger partial charge in [0, 0.05) is 12.1 Å². The van der Waals surface area contributed by atoms with E-state index in [2.05, 4.69) is 4.98 Å². The summed E-state index contributed by atoms with van der Waals surface area (Å²) < 4.78 is 5.43. The van der Waals surface area contributed by atoms with Gasteiger partial charge in [0.25, 0.3) is 5.69 Å². The molecule has 0 aliphatic rings. The van der Waals surface area contributed by atoms with Crippen LogP contribution >= 0.6 is 0 Å². The molecule has 0 atom stereocenters. The Bertz CT molecular complexity index is 599. The maximum atomic E-state index is 10.6. The Morgan fingerprint density at radius 2 is 2.11 bits per heavy atom. The molecule has 6 heteroatoms. The molecule has 0 unspecified atom stereocenters. The quantitative estimate of drug-likeness (QED) is 0.663. The normalized spacial score (nSPS) is 10.1. The van der Waals surface area contributed by atoms with Crippen molar-refractivity contribution >= 4 is 11.4 Å². The molecule has 0 amide bonds. The Hall–Kier alpha value is -2.63. The Kier molecular flexibility index (Phi) is 3.09. The Morgan fingerprint density at radius 1 is 1.33 bits per heavy atom. The lowest BCUT2D eigenvalue weighted by molar-refractivity contribution is -0.384. The van der Waals surface area contributed by atoms with E-state index < -0.39 is 4.92 Å². The van der Waals surface area contributed by atoms with E-state index in [4.69, 9.17) is 10.5 Å². The predicted octanol–water partition coefficient (Wildman–Crippen LogP) is 2.67. The number of rotatable bonds is 3. The summed E-state index contributed by atoms with van der Waals surface area (Å²) in [5, 5.41) is 10.6. The molecule has 0 aliphatic heterocycles. The minimum Gasteiger partial charge on any atom is -0.439 e. The number of anilines is 1. The topological polar surface area (TPSA) is 91.3 Å². The molecule has 0 radical (unpaired) electrons. The van der Waals surface area contributed by atoms with Crippen molar-refractivity contribution in [3.8, 4) is 11.6 Å². The molecule has 1 heterocycles. The fraction of sp³-hybridized carbons (Fsp3) is 0.0833. The van der Waals surface area contributed by atoms with Crippen molar-refractivity contribution in [2.75, 3.05) is 5.73 Å². The molecular formula is C12H11N3O3. The van der Waals surface area contributed by atoms with Crippen LogP contribution in [0.1, 0.15) is 5.69 Å². The van der Waals surface area contributed by atoms with Crippen LogP contribution in [-0.4, -0.2) is 9.91 Å². The number of aromatic nitrogens is 1. The van der Waals surface area contributed by atoms with Crippen molar-refractivity contribution in [1.29, 1.82) is 0 Å². The molecule has 0 fully saturated rings. The SMILES string of the molecule is Cc1nc(Oc2cccc([N+](=O)[O-])c2)ccc1N. The van der Waals surface area contributed by atoms with Gasteiger partial charge < -0.3 is 10.5 Å². The average molecular weight is 245 g/mol. The highest BCUT2D eigenvalue weighted by Gasteiger charge is 2.07. The molecule has 6 nitrogen and oxygen atoms in total. The lowest BCUT2D eigenvalue weighted by Gasteiger charge is -2.06. The summed E-state index contributed by atoms with van der Waals surface area (Å²) in [4.78, 5) is 14.3. The first-order valence-electron chi connectivity index (χ1n) is 5.21. The second kappa shape index (κ2) is 4.70. The van der Waals surface area contributed by atoms with Gasteiger partial charge in [-0.15, -0.1) is 0 Å². The van der Waals surface area contributed by atoms with Crippen molar-refractivity contribution in [3.05, 3.63) is 52.2 Å². The number of aryl methyl sites for hydroxylation is 1. The highest BCUT2D eigenvalue weighted by atomic mass is 16.6. The first-order chi connectivity index (χ1) is 8.56. The van der Waals surface area contributed by atoms with Crippen LogP contribution in [0.25, 0.3) is 0 Å². The van der Waals surface area contributed by atoms with Crippen molar-refractivity contribution < 1.29 is 9.66 Å². The number of nitrogens with two attached hydrogens (primary N) is 1. The van der Waals surface area contributed by atoms with Gasteiger partial charge in [-0.25, -0.2) is 4.98 Å². The Labute approximate surface area is 103 Å². The number of nitrogen functional groups attached to an aromatic ring is 1. The van der Waals surface area contributed by atoms with E-state index in [1.807, 2.05) is 0 Å². The predicted molar refractivity (Wildman–Crippen MR) is 66.6 cm³/mol.